The van der Waals surface area contributed by atoms with E-state index in [4.69, 9.17) is 0 Å². The first kappa shape index (κ1) is 14.2. The maximum absolute atomic E-state index is 12.0. The van der Waals surface area contributed by atoms with E-state index < -0.39 is 0 Å². The van der Waals surface area contributed by atoms with Gasteiger partial charge in [-0.3, -0.25) is 9.59 Å². The summed E-state index contributed by atoms with van der Waals surface area (Å²) in [5.41, 5.74) is 1.05. The average molecular weight is 245 g/mol. The Kier molecular flexibility index (Phi) is 5.31. The molecule has 18 heavy (non-hydrogen) atoms. The topological polar surface area (TPSA) is 37.4 Å². The van der Waals surface area contributed by atoms with Crippen LogP contribution in [0.1, 0.15) is 31.9 Å². The highest BCUT2D eigenvalue weighted by molar-refractivity contribution is 5.97. The molecule has 0 N–H and O–H groups in total. The lowest BCUT2D eigenvalue weighted by Crippen LogP contribution is -2.34. The van der Waals surface area contributed by atoms with E-state index >= 15 is 0 Å². The van der Waals surface area contributed by atoms with Gasteiger partial charge in [0.05, 0.1) is 12.5 Å². The Balaban J connectivity index is 2.87. The van der Waals surface area contributed by atoms with Crippen LogP contribution >= 0.6 is 0 Å². The zero-order valence-corrected chi connectivity index (χ0v) is 10.9. The lowest BCUT2D eigenvalue weighted by atomic mass is 10.1. The van der Waals surface area contributed by atoms with Crippen LogP contribution < -0.4 is 0 Å². The molecule has 0 spiro atoms. The van der Waals surface area contributed by atoms with Crippen molar-refractivity contribution in [3.63, 3.8) is 0 Å². The smallest absolute Gasteiger partial charge is 0.230 e. The highest BCUT2D eigenvalue weighted by Gasteiger charge is 2.20. The first-order valence-electron chi connectivity index (χ1n) is 6.01. The van der Waals surface area contributed by atoms with Crippen LogP contribution in [0.25, 0.3) is 0 Å². The maximum atomic E-state index is 12.0. The van der Waals surface area contributed by atoms with Crippen molar-refractivity contribution in [3.8, 4) is 0 Å². The van der Waals surface area contributed by atoms with Crippen molar-refractivity contribution in [1.29, 1.82) is 0 Å². The molecular weight excluding hydrogens is 226 g/mol. The van der Waals surface area contributed by atoms with Crippen LogP contribution in [-0.4, -0.2) is 23.1 Å². The molecule has 0 saturated carbocycles. The van der Waals surface area contributed by atoms with Crippen molar-refractivity contribution in [2.45, 2.75) is 26.3 Å². The van der Waals surface area contributed by atoms with Gasteiger partial charge in [0.1, 0.15) is 5.78 Å². The molecule has 1 aromatic carbocycles. The van der Waals surface area contributed by atoms with Gasteiger partial charge >= 0.3 is 0 Å². The van der Waals surface area contributed by atoms with Crippen molar-refractivity contribution < 1.29 is 9.59 Å². The van der Waals surface area contributed by atoms with E-state index in [0.29, 0.717) is 6.54 Å². The number of amides is 1. The van der Waals surface area contributed by atoms with Gasteiger partial charge in [-0.05, 0) is 19.4 Å². The van der Waals surface area contributed by atoms with Gasteiger partial charge < -0.3 is 4.90 Å². The summed E-state index contributed by atoms with van der Waals surface area (Å²) >= 11 is 0. The van der Waals surface area contributed by atoms with Gasteiger partial charge in [-0.2, -0.15) is 0 Å². The highest BCUT2D eigenvalue weighted by Crippen LogP contribution is 2.20. The minimum atomic E-state index is -0.154. The van der Waals surface area contributed by atoms with Gasteiger partial charge in [0, 0.05) is 6.54 Å². The van der Waals surface area contributed by atoms with E-state index in [0.717, 1.165) is 5.56 Å². The number of hydrogen-bond donors (Lipinski definition) is 0. The Hall–Kier alpha value is -1.90. The summed E-state index contributed by atoms with van der Waals surface area (Å²) in [6.07, 6.45) is 1.63. The van der Waals surface area contributed by atoms with Gasteiger partial charge in [-0.15, -0.1) is 6.58 Å². The summed E-state index contributed by atoms with van der Waals surface area (Å²) in [6, 6.07) is 9.70. The van der Waals surface area contributed by atoms with Crippen LogP contribution in [0.5, 0.6) is 0 Å². The summed E-state index contributed by atoms with van der Waals surface area (Å²) < 4.78 is 0. The fourth-order valence-electron chi connectivity index (χ4n) is 1.84. The minimum Gasteiger partial charge on any atom is -0.332 e. The lowest BCUT2D eigenvalue weighted by Gasteiger charge is -2.28. The molecule has 0 saturated heterocycles. The second-order valence-electron chi connectivity index (χ2n) is 4.30. The number of benzene rings is 1. The molecule has 96 valence electrons. The van der Waals surface area contributed by atoms with Crippen LogP contribution in [0.3, 0.4) is 0 Å². The molecule has 3 heteroatoms. The Labute approximate surface area is 108 Å². The fraction of sp³-hybridized carbons (Fsp3) is 0.333. The standard InChI is InChI=1S/C15H19NO2/c1-4-10-16(15(18)11-12(2)17)13(3)14-8-6-5-7-9-14/h4-9,13H,1,10-11H2,2-3H3/t13-/m0/s1. The zero-order valence-electron chi connectivity index (χ0n) is 10.9. The van der Waals surface area contributed by atoms with Crippen LogP contribution in [-0.2, 0) is 9.59 Å². The summed E-state index contributed by atoms with van der Waals surface area (Å²) in [6.45, 7) is 7.49. The Bertz CT molecular complexity index is 425. The Morgan fingerprint density at radius 2 is 1.94 bits per heavy atom. The molecule has 0 aromatic heterocycles. The van der Waals surface area contributed by atoms with Crippen molar-refractivity contribution in [1.82, 2.24) is 4.90 Å². The van der Waals surface area contributed by atoms with Crippen molar-refractivity contribution in [3.05, 3.63) is 48.6 Å². The SMILES string of the molecule is C=CCN(C(=O)CC(C)=O)[C@@H](C)c1ccccc1. The molecule has 0 aliphatic rings. The van der Waals surface area contributed by atoms with Crippen molar-refractivity contribution in [2.24, 2.45) is 0 Å². The van der Waals surface area contributed by atoms with Crippen molar-refractivity contribution in [2.75, 3.05) is 6.54 Å². The molecule has 0 aliphatic carbocycles. The third kappa shape index (κ3) is 3.84. The first-order valence-corrected chi connectivity index (χ1v) is 6.01. The summed E-state index contributed by atoms with van der Waals surface area (Å²) in [7, 11) is 0. The molecule has 0 aliphatic heterocycles. The van der Waals surface area contributed by atoms with Crippen LogP contribution in [0, 0.1) is 0 Å². The molecule has 0 bridgehead atoms. The third-order valence-electron chi connectivity index (χ3n) is 2.80. The number of rotatable bonds is 6. The van der Waals surface area contributed by atoms with Crippen LogP contribution in [0.2, 0.25) is 0 Å². The molecule has 1 atom stereocenters. The summed E-state index contributed by atoms with van der Waals surface area (Å²) in [4.78, 5) is 24.7. The van der Waals surface area contributed by atoms with Crippen LogP contribution in [0.4, 0.5) is 0 Å². The second kappa shape index (κ2) is 6.74. The monoisotopic (exact) mass is 245 g/mol. The number of ketones is 1. The molecular formula is C15H19NO2. The van der Waals surface area contributed by atoms with E-state index in [9.17, 15) is 9.59 Å². The predicted octanol–water partition coefficient (Wildman–Crippen LogP) is 2.74. The van der Waals surface area contributed by atoms with E-state index in [-0.39, 0.29) is 24.2 Å². The second-order valence-corrected chi connectivity index (χ2v) is 4.30. The number of nitrogens with zero attached hydrogens (tertiary/aromatic N) is 1. The van der Waals surface area contributed by atoms with Crippen molar-refractivity contribution >= 4 is 11.7 Å². The fourth-order valence-corrected chi connectivity index (χ4v) is 1.84. The van der Waals surface area contributed by atoms with E-state index in [1.54, 1.807) is 11.0 Å². The molecule has 1 aromatic rings. The minimum absolute atomic E-state index is 0.0506. The quantitative estimate of drug-likeness (QED) is 0.571. The average Bonchev–Trinajstić information content (AvgIpc) is 2.35. The van der Waals surface area contributed by atoms with E-state index in [2.05, 4.69) is 6.58 Å². The maximum Gasteiger partial charge on any atom is 0.230 e. The van der Waals surface area contributed by atoms with Gasteiger partial charge in [-0.25, -0.2) is 0 Å². The predicted molar refractivity (Wildman–Crippen MR) is 72.1 cm³/mol. The molecule has 0 heterocycles. The Morgan fingerprint density at radius 1 is 1.33 bits per heavy atom. The number of carbonyl (C=O) groups excluding carboxylic acids is 2. The van der Waals surface area contributed by atoms with Gasteiger partial charge in [0.15, 0.2) is 0 Å². The Morgan fingerprint density at radius 3 is 2.44 bits per heavy atom. The zero-order chi connectivity index (χ0) is 13.5. The number of Topliss-reactive ketones (excluding diaryl/α,β-unsaturated/α-hetero) is 1. The van der Waals surface area contributed by atoms with E-state index in [1.807, 2.05) is 37.3 Å². The largest absolute Gasteiger partial charge is 0.332 e. The highest BCUT2D eigenvalue weighted by atomic mass is 16.2. The normalized spacial score (nSPS) is 11.7. The molecule has 1 amide bonds. The number of carbonyl (C=O) groups is 2. The first-order chi connectivity index (χ1) is 8.56. The molecule has 0 radical (unpaired) electrons. The molecule has 1 rings (SSSR count). The van der Waals surface area contributed by atoms with Crippen LogP contribution in [0.15, 0.2) is 43.0 Å². The lowest BCUT2D eigenvalue weighted by molar-refractivity contribution is -0.136. The molecule has 0 fully saturated rings. The van der Waals surface area contributed by atoms with Gasteiger partial charge in [-0.1, -0.05) is 36.4 Å². The number of hydrogen-bond acceptors (Lipinski definition) is 2. The molecule has 3 nitrogen and oxygen atoms in total. The van der Waals surface area contributed by atoms with E-state index in [1.165, 1.54) is 6.92 Å². The third-order valence-corrected chi connectivity index (χ3v) is 2.80. The summed E-state index contributed by atoms with van der Waals surface area (Å²) in [5.74, 6) is -0.270. The summed E-state index contributed by atoms with van der Waals surface area (Å²) in [5, 5.41) is 0. The van der Waals surface area contributed by atoms with Gasteiger partial charge in [0.2, 0.25) is 5.91 Å². The molecule has 0 unspecified atom stereocenters. The van der Waals surface area contributed by atoms with Gasteiger partial charge in [0.25, 0.3) is 0 Å².